The smallest absolute Gasteiger partial charge is 0.340 e. The molecule has 0 unspecified atom stereocenters. The van der Waals surface area contributed by atoms with Crippen molar-refractivity contribution in [1.29, 1.82) is 0 Å². The Morgan fingerprint density at radius 3 is 2.60 bits per heavy atom. The van der Waals surface area contributed by atoms with Crippen molar-refractivity contribution in [1.82, 2.24) is 0 Å². The predicted octanol–water partition coefficient (Wildman–Crippen LogP) is 3.24. The van der Waals surface area contributed by atoms with Gasteiger partial charge in [0.25, 0.3) is 0 Å². The Morgan fingerprint density at radius 2 is 1.93 bits per heavy atom. The Labute approximate surface area is 90.6 Å². The average molecular weight is 220 g/mol. The van der Waals surface area contributed by atoms with E-state index in [4.69, 9.17) is 9.84 Å². The predicted molar refractivity (Wildman–Crippen MR) is 57.8 cm³/mol. The Balaban J connectivity index is 2.25. The highest BCUT2D eigenvalue weighted by atomic mass is 32.1. The zero-order chi connectivity index (χ0) is 10.7. The highest BCUT2D eigenvalue weighted by Gasteiger charge is 2.12. The summed E-state index contributed by atoms with van der Waals surface area (Å²) in [5, 5.41) is 11.0. The van der Waals surface area contributed by atoms with Gasteiger partial charge in [0.05, 0.1) is 0 Å². The average Bonchev–Trinajstić information content (AvgIpc) is 2.67. The Kier molecular flexibility index (Phi) is 2.69. The molecule has 0 fully saturated rings. The second-order valence-electron chi connectivity index (χ2n) is 2.84. The molecule has 0 saturated heterocycles. The van der Waals surface area contributed by atoms with Crippen LogP contribution in [0, 0.1) is 0 Å². The van der Waals surface area contributed by atoms with Crippen LogP contribution in [0.4, 0.5) is 0 Å². The molecule has 76 valence electrons. The minimum Gasteiger partial charge on any atom is -0.478 e. The molecule has 0 saturated carbocycles. The van der Waals surface area contributed by atoms with Gasteiger partial charge in [0.2, 0.25) is 0 Å². The highest BCUT2D eigenvalue weighted by molar-refractivity contribution is 7.12. The molecule has 0 atom stereocenters. The van der Waals surface area contributed by atoms with Crippen LogP contribution < -0.4 is 4.74 Å². The van der Waals surface area contributed by atoms with Gasteiger partial charge in [-0.1, -0.05) is 18.2 Å². The second kappa shape index (κ2) is 4.14. The van der Waals surface area contributed by atoms with E-state index in [1.807, 2.05) is 18.2 Å². The summed E-state index contributed by atoms with van der Waals surface area (Å²) in [6.07, 6.45) is 0. The topological polar surface area (TPSA) is 46.5 Å². The monoisotopic (exact) mass is 220 g/mol. The number of carboxylic acid groups (broad SMARTS) is 1. The molecule has 15 heavy (non-hydrogen) atoms. The van der Waals surface area contributed by atoms with E-state index >= 15 is 0 Å². The largest absolute Gasteiger partial charge is 0.478 e. The van der Waals surface area contributed by atoms with Gasteiger partial charge in [-0.25, -0.2) is 4.79 Å². The maximum absolute atomic E-state index is 10.8. The molecule has 0 spiro atoms. The number of benzene rings is 1. The standard InChI is InChI=1S/C11H8O3S/c12-10(13)9-6-7-15-11(9)14-8-4-2-1-3-5-8/h1-7H,(H,12,13). The van der Waals surface area contributed by atoms with Crippen molar-refractivity contribution < 1.29 is 14.6 Å². The molecule has 1 N–H and O–H groups in total. The molecule has 0 radical (unpaired) electrons. The highest BCUT2D eigenvalue weighted by Crippen LogP contribution is 2.30. The number of carboxylic acids is 1. The fraction of sp³-hybridized carbons (Fsp3) is 0. The van der Waals surface area contributed by atoms with Gasteiger partial charge < -0.3 is 9.84 Å². The Hall–Kier alpha value is -1.81. The Bertz CT molecular complexity index is 462. The molecule has 0 amide bonds. The first kappa shape index (κ1) is 9.73. The van der Waals surface area contributed by atoms with Gasteiger partial charge in [-0.15, -0.1) is 11.3 Å². The van der Waals surface area contributed by atoms with E-state index in [9.17, 15) is 4.79 Å². The maximum atomic E-state index is 10.8. The molecular formula is C11H8O3S. The van der Waals surface area contributed by atoms with Gasteiger partial charge in [0.15, 0.2) is 5.06 Å². The quantitative estimate of drug-likeness (QED) is 0.863. The first-order valence-electron chi connectivity index (χ1n) is 4.31. The number of para-hydroxylation sites is 1. The number of rotatable bonds is 3. The van der Waals surface area contributed by atoms with Crippen molar-refractivity contribution in [2.24, 2.45) is 0 Å². The van der Waals surface area contributed by atoms with E-state index in [0.717, 1.165) is 0 Å². The fourth-order valence-corrected chi connectivity index (χ4v) is 1.88. The maximum Gasteiger partial charge on any atom is 0.340 e. The summed E-state index contributed by atoms with van der Waals surface area (Å²) < 4.78 is 5.45. The number of hydrogen-bond acceptors (Lipinski definition) is 3. The van der Waals surface area contributed by atoms with Gasteiger partial charge in [-0.2, -0.15) is 0 Å². The van der Waals surface area contributed by atoms with E-state index in [0.29, 0.717) is 10.8 Å². The number of hydrogen-bond donors (Lipinski definition) is 1. The first-order chi connectivity index (χ1) is 7.27. The SMILES string of the molecule is O=C(O)c1ccsc1Oc1ccccc1. The van der Waals surface area contributed by atoms with Crippen LogP contribution in [0.3, 0.4) is 0 Å². The van der Waals surface area contributed by atoms with Crippen LogP contribution in [0.1, 0.15) is 10.4 Å². The molecule has 3 nitrogen and oxygen atoms in total. The molecular weight excluding hydrogens is 212 g/mol. The van der Waals surface area contributed by atoms with Gasteiger partial charge in [-0.3, -0.25) is 0 Å². The lowest BCUT2D eigenvalue weighted by Gasteiger charge is -2.03. The second-order valence-corrected chi connectivity index (χ2v) is 3.72. The summed E-state index contributed by atoms with van der Waals surface area (Å²) in [4.78, 5) is 10.8. The van der Waals surface area contributed by atoms with Crippen LogP contribution in [0.2, 0.25) is 0 Å². The molecule has 1 aromatic heterocycles. The van der Waals surface area contributed by atoms with Crippen molar-refractivity contribution in [2.75, 3.05) is 0 Å². The van der Waals surface area contributed by atoms with Crippen LogP contribution in [0.25, 0.3) is 0 Å². The first-order valence-corrected chi connectivity index (χ1v) is 5.19. The van der Waals surface area contributed by atoms with Gasteiger partial charge in [0, 0.05) is 0 Å². The molecule has 4 heteroatoms. The zero-order valence-electron chi connectivity index (χ0n) is 7.71. The van der Waals surface area contributed by atoms with Crippen molar-refractivity contribution >= 4 is 17.3 Å². The minimum atomic E-state index is -0.970. The van der Waals surface area contributed by atoms with Crippen molar-refractivity contribution in [3.63, 3.8) is 0 Å². The molecule has 0 aliphatic heterocycles. The van der Waals surface area contributed by atoms with E-state index in [1.54, 1.807) is 17.5 Å². The number of carbonyl (C=O) groups is 1. The molecule has 2 rings (SSSR count). The fourth-order valence-electron chi connectivity index (χ4n) is 1.13. The normalized spacial score (nSPS) is 9.87. The van der Waals surface area contributed by atoms with E-state index < -0.39 is 5.97 Å². The zero-order valence-corrected chi connectivity index (χ0v) is 8.53. The number of aromatic carboxylic acids is 1. The lowest BCUT2D eigenvalue weighted by molar-refractivity contribution is 0.0695. The van der Waals surface area contributed by atoms with E-state index in [1.165, 1.54) is 17.4 Å². The Morgan fingerprint density at radius 1 is 1.20 bits per heavy atom. The summed E-state index contributed by atoms with van der Waals surface area (Å²) in [5.41, 5.74) is 0.198. The molecule has 0 bridgehead atoms. The third-order valence-corrected chi connectivity index (χ3v) is 2.60. The number of thiophene rings is 1. The van der Waals surface area contributed by atoms with Crippen LogP contribution in [0.15, 0.2) is 41.8 Å². The minimum absolute atomic E-state index is 0.198. The summed E-state index contributed by atoms with van der Waals surface area (Å²) in [6, 6.07) is 10.6. The summed E-state index contributed by atoms with van der Waals surface area (Å²) >= 11 is 1.27. The van der Waals surface area contributed by atoms with E-state index in [2.05, 4.69) is 0 Å². The van der Waals surface area contributed by atoms with Crippen LogP contribution in [-0.4, -0.2) is 11.1 Å². The van der Waals surface area contributed by atoms with Crippen LogP contribution >= 0.6 is 11.3 Å². The summed E-state index contributed by atoms with van der Waals surface area (Å²) in [7, 11) is 0. The lowest BCUT2D eigenvalue weighted by Crippen LogP contribution is -1.95. The van der Waals surface area contributed by atoms with Crippen LogP contribution in [-0.2, 0) is 0 Å². The number of ether oxygens (including phenoxy) is 1. The third kappa shape index (κ3) is 2.16. The molecule has 1 aromatic carbocycles. The molecule has 1 heterocycles. The summed E-state index contributed by atoms with van der Waals surface area (Å²) in [6.45, 7) is 0. The van der Waals surface area contributed by atoms with Crippen molar-refractivity contribution in [2.45, 2.75) is 0 Å². The van der Waals surface area contributed by atoms with Crippen LogP contribution in [0.5, 0.6) is 10.8 Å². The third-order valence-electron chi connectivity index (χ3n) is 1.81. The lowest BCUT2D eigenvalue weighted by atomic mass is 10.3. The molecule has 0 aliphatic rings. The van der Waals surface area contributed by atoms with Gasteiger partial charge >= 0.3 is 5.97 Å². The van der Waals surface area contributed by atoms with Gasteiger partial charge in [-0.05, 0) is 23.6 Å². The molecule has 0 aliphatic carbocycles. The van der Waals surface area contributed by atoms with E-state index in [-0.39, 0.29) is 5.56 Å². The summed E-state index contributed by atoms with van der Waals surface area (Å²) in [5.74, 6) is -0.329. The van der Waals surface area contributed by atoms with Gasteiger partial charge in [0.1, 0.15) is 11.3 Å². The molecule has 2 aromatic rings. The van der Waals surface area contributed by atoms with Crippen molar-refractivity contribution in [3.05, 3.63) is 47.3 Å². The van der Waals surface area contributed by atoms with Crippen molar-refractivity contribution in [3.8, 4) is 10.8 Å².